The minimum Gasteiger partial charge on any atom is -0.349 e. The van der Waals surface area contributed by atoms with Crippen molar-refractivity contribution in [2.75, 3.05) is 7.05 Å². The van der Waals surface area contributed by atoms with Crippen molar-refractivity contribution >= 4 is 11.9 Å². The summed E-state index contributed by atoms with van der Waals surface area (Å²) in [5.74, 6) is -0.00489. The Balaban J connectivity index is 2.26. The molecule has 1 fully saturated rings. The quantitative estimate of drug-likeness (QED) is 0.752. The molecule has 5 heteroatoms. The van der Waals surface area contributed by atoms with Crippen LogP contribution in [-0.2, 0) is 4.79 Å². The molecule has 2 N–H and O–H groups in total. The van der Waals surface area contributed by atoms with Gasteiger partial charge in [0.2, 0.25) is 5.91 Å². The van der Waals surface area contributed by atoms with Gasteiger partial charge in [-0.1, -0.05) is 12.1 Å². The summed E-state index contributed by atoms with van der Waals surface area (Å²) in [6.45, 7) is 0. The van der Waals surface area contributed by atoms with Crippen LogP contribution in [0.1, 0.15) is 23.6 Å². The molecule has 1 aliphatic heterocycles. The third kappa shape index (κ3) is 2.11. The molecule has 86 valence electrons. The predicted octanol–water partition coefficient (Wildman–Crippen LogP) is 0.986. The Labute approximate surface area is 99.2 Å². The molecule has 0 saturated carbocycles. The molecule has 0 bridgehead atoms. The highest BCUT2D eigenvalue weighted by Crippen LogP contribution is 2.22. The van der Waals surface area contributed by atoms with Gasteiger partial charge in [-0.2, -0.15) is 5.26 Å². The highest BCUT2D eigenvalue weighted by molar-refractivity contribution is 5.98. The van der Waals surface area contributed by atoms with E-state index >= 15 is 0 Å². The number of guanidine groups is 1. The number of carbonyl (C=O) groups is 1. The van der Waals surface area contributed by atoms with Crippen LogP contribution >= 0.6 is 0 Å². The van der Waals surface area contributed by atoms with Gasteiger partial charge in [0.1, 0.15) is 0 Å². The first kappa shape index (κ1) is 11.1. The number of nitrogens with one attached hydrogen (secondary N) is 2. The van der Waals surface area contributed by atoms with Crippen molar-refractivity contribution < 1.29 is 4.79 Å². The number of amides is 1. The van der Waals surface area contributed by atoms with Crippen molar-refractivity contribution in [3.63, 3.8) is 0 Å². The van der Waals surface area contributed by atoms with Gasteiger partial charge in [-0.25, -0.2) is 0 Å². The van der Waals surface area contributed by atoms with E-state index in [1.54, 1.807) is 25.2 Å². The Morgan fingerprint density at radius 2 is 2.35 bits per heavy atom. The highest BCUT2D eigenvalue weighted by Gasteiger charge is 2.27. The normalized spacial score (nSPS) is 19.8. The maximum atomic E-state index is 11.6. The molecule has 0 aliphatic carbocycles. The van der Waals surface area contributed by atoms with Crippen LogP contribution in [0.15, 0.2) is 24.3 Å². The molecular weight excluding hydrogens is 216 g/mol. The SMILES string of the molecule is CN1C(=N)N[C@@H](c2cccc(C#N)c2)CC1=O. The Morgan fingerprint density at radius 1 is 1.59 bits per heavy atom. The van der Waals surface area contributed by atoms with Gasteiger partial charge in [0.25, 0.3) is 0 Å². The molecule has 1 heterocycles. The van der Waals surface area contributed by atoms with Crippen molar-refractivity contribution in [2.45, 2.75) is 12.5 Å². The maximum absolute atomic E-state index is 11.6. The molecule has 0 spiro atoms. The maximum Gasteiger partial charge on any atom is 0.231 e. The second kappa shape index (κ2) is 4.26. The van der Waals surface area contributed by atoms with E-state index in [1.807, 2.05) is 6.07 Å². The molecule has 1 aromatic carbocycles. The first-order valence-electron chi connectivity index (χ1n) is 5.23. The Bertz CT molecular complexity index is 499. The van der Waals surface area contributed by atoms with E-state index in [0.717, 1.165) is 5.56 Å². The molecule has 1 aromatic rings. The average molecular weight is 228 g/mol. The van der Waals surface area contributed by atoms with Gasteiger partial charge in [0.15, 0.2) is 5.96 Å². The number of nitrogens with zero attached hydrogens (tertiary/aromatic N) is 2. The summed E-state index contributed by atoms with van der Waals surface area (Å²) in [7, 11) is 1.57. The monoisotopic (exact) mass is 228 g/mol. The van der Waals surface area contributed by atoms with Gasteiger partial charge < -0.3 is 5.32 Å². The molecule has 0 aromatic heterocycles. The number of carbonyl (C=O) groups excluding carboxylic acids is 1. The predicted molar refractivity (Wildman–Crippen MR) is 62.1 cm³/mol. The van der Waals surface area contributed by atoms with E-state index in [2.05, 4.69) is 11.4 Å². The van der Waals surface area contributed by atoms with E-state index in [4.69, 9.17) is 10.7 Å². The van der Waals surface area contributed by atoms with Gasteiger partial charge in [0, 0.05) is 7.05 Å². The number of hydrogen-bond acceptors (Lipinski definition) is 3. The van der Waals surface area contributed by atoms with E-state index < -0.39 is 0 Å². The largest absolute Gasteiger partial charge is 0.349 e. The number of nitriles is 1. The van der Waals surface area contributed by atoms with Crippen LogP contribution in [-0.4, -0.2) is 23.8 Å². The zero-order chi connectivity index (χ0) is 12.4. The van der Waals surface area contributed by atoms with Crippen LogP contribution in [0.25, 0.3) is 0 Å². The van der Waals surface area contributed by atoms with Crippen molar-refractivity contribution in [3.05, 3.63) is 35.4 Å². The fraction of sp³-hybridized carbons (Fsp3) is 0.250. The molecular formula is C12H12N4O. The van der Waals surface area contributed by atoms with E-state index in [1.165, 1.54) is 4.90 Å². The molecule has 17 heavy (non-hydrogen) atoms. The summed E-state index contributed by atoms with van der Waals surface area (Å²) in [6.07, 6.45) is 0.299. The van der Waals surface area contributed by atoms with Gasteiger partial charge in [-0.05, 0) is 17.7 Å². The van der Waals surface area contributed by atoms with Crippen molar-refractivity contribution in [2.24, 2.45) is 0 Å². The van der Waals surface area contributed by atoms with Crippen LogP contribution in [0.3, 0.4) is 0 Å². The van der Waals surface area contributed by atoms with Gasteiger partial charge in [0.05, 0.1) is 24.1 Å². The highest BCUT2D eigenvalue weighted by atomic mass is 16.2. The summed E-state index contributed by atoms with van der Waals surface area (Å²) < 4.78 is 0. The fourth-order valence-corrected chi connectivity index (χ4v) is 1.78. The smallest absolute Gasteiger partial charge is 0.231 e. The zero-order valence-corrected chi connectivity index (χ0v) is 9.40. The standard InChI is InChI=1S/C12H12N4O/c1-16-11(17)6-10(15-12(16)14)9-4-2-3-8(5-9)7-13/h2-5,10H,6H2,1H3,(H2,14,15)/t10-/m1/s1. The lowest BCUT2D eigenvalue weighted by Crippen LogP contribution is -2.49. The lowest BCUT2D eigenvalue weighted by Gasteiger charge is -2.31. The minimum atomic E-state index is -0.223. The molecule has 0 unspecified atom stereocenters. The second-order valence-electron chi connectivity index (χ2n) is 3.94. The number of hydrogen-bond donors (Lipinski definition) is 2. The molecule has 1 atom stereocenters. The second-order valence-corrected chi connectivity index (χ2v) is 3.94. The lowest BCUT2D eigenvalue weighted by molar-refractivity contribution is -0.128. The molecule has 1 aliphatic rings. The summed E-state index contributed by atoms with van der Waals surface area (Å²) in [6, 6.07) is 8.92. The minimum absolute atomic E-state index is 0.0913. The van der Waals surface area contributed by atoms with Crippen LogP contribution in [0.4, 0.5) is 0 Å². The summed E-state index contributed by atoms with van der Waals surface area (Å²) in [5.41, 5.74) is 1.41. The first-order valence-corrected chi connectivity index (χ1v) is 5.23. The average Bonchev–Trinajstić information content (AvgIpc) is 2.35. The van der Waals surface area contributed by atoms with E-state index in [-0.39, 0.29) is 17.9 Å². The molecule has 5 nitrogen and oxygen atoms in total. The van der Waals surface area contributed by atoms with Gasteiger partial charge >= 0.3 is 0 Å². The van der Waals surface area contributed by atoms with E-state index in [9.17, 15) is 4.79 Å². The lowest BCUT2D eigenvalue weighted by atomic mass is 10.00. The van der Waals surface area contributed by atoms with Crippen LogP contribution in [0.2, 0.25) is 0 Å². The van der Waals surface area contributed by atoms with Gasteiger partial charge in [-0.15, -0.1) is 0 Å². The summed E-state index contributed by atoms with van der Waals surface area (Å²) in [4.78, 5) is 12.9. The summed E-state index contributed by atoms with van der Waals surface area (Å²) in [5, 5.41) is 19.4. The Hall–Kier alpha value is -2.35. The third-order valence-electron chi connectivity index (χ3n) is 2.82. The number of rotatable bonds is 1. The van der Waals surface area contributed by atoms with Crippen LogP contribution in [0.5, 0.6) is 0 Å². The molecule has 2 rings (SSSR count). The zero-order valence-electron chi connectivity index (χ0n) is 9.40. The summed E-state index contributed by atoms with van der Waals surface area (Å²) >= 11 is 0. The van der Waals surface area contributed by atoms with Crippen molar-refractivity contribution in [3.8, 4) is 6.07 Å². The van der Waals surface area contributed by atoms with Crippen LogP contribution in [0, 0.1) is 16.7 Å². The fourth-order valence-electron chi connectivity index (χ4n) is 1.78. The Kier molecular flexibility index (Phi) is 2.79. The van der Waals surface area contributed by atoms with Crippen molar-refractivity contribution in [1.82, 2.24) is 10.2 Å². The molecule has 1 amide bonds. The van der Waals surface area contributed by atoms with Crippen LogP contribution < -0.4 is 5.32 Å². The first-order chi connectivity index (χ1) is 8.11. The molecule has 1 saturated heterocycles. The van der Waals surface area contributed by atoms with Gasteiger partial charge in [-0.3, -0.25) is 15.1 Å². The topological polar surface area (TPSA) is 80.0 Å². The Morgan fingerprint density at radius 3 is 3.00 bits per heavy atom. The van der Waals surface area contributed by atoms with Crippen molar-refractivity contribution in [1.29, 1.82) is 10.7 Å². The third-order valence-corrected chi connectivity index (χ3v) is 2.82. The number of benzene rings is 1. The molecule has 0 radical (unpaired) electrons. The van der Waals surface area contributed by atoms with E-state index in [0.29, 0.717) is 12.0 Å².